The van der Waals surface area contributed by atoms with Crippen LogP contribution in [0.2, 0.25) is 0 Å². The van der Waals surface area contributed by atoms with E-state index in [1.165, 1.54) is 12.8 Å². The molecule has 0 saturated heterocycles. The SMILES string of the molecule is CC(C)C1C2C=CC(CC2)C1C(C)C. The number of rotatable bonds is 2. The molecule has 4 unspecified atom stereocenters. The van der Waals surface area contributed by atoms with Gasteiger partial charge < -0.3 is 0 Å². The molecule has 1 fully saturated rings. The van der Waals surface area contributed by atoms with Crippen LogP contribution in [0.1, 0.15) is 40.5 Å². The molecule has 3 rings (SSSR count). The summed E-state index contributed by atoms with van der Waals surface area (Å²) < 4.78 is 0. The fourth-order valence-corrected chi connectivity index (χ4v) is 3.95. The Morgan fingerprint density at radius 1 is 0.786 bits per heavy atom. The van der Waals surface area contributed by atoms with E-state index < -0.39 is 0 Å². The van der Waals surface area contributed by atoms with Crippen LogP contribution in [-0.4, -0.2) is 0 Å². The summed E-state index contributed by atoms with van der Waals surface area (Å²) in [5.74, 6) is 5.43. The summed E-state index contributed by atoms with van der Waals surface area (Å²) in [7, 11) is 0. The molecule has 2 bridgehead atoms. The zero-order chi connectivity index (χ0) is 10.3. The summed E-state index contributed by atoms with van der Waals surface area (Å²) in [6.45, 7) is 9.65. The van der Waals surface area contributed by atoms with Gasteiger partial charge in [-0.3, -0.25) is 0 Å². The van der Waals surface area contributed by atoms with Crippen molar-refractivity contribution in [2.45, 2.75) is 40.5 Å². The van der Waals surface area contributed by atoms with Gasteiger partial charge in [-0.1, -0.05) is 39.8 Å². The Kier molecular flexibility index (Phi) is 2.72. The molecular weight excluding hydrogens is 168 g/mol. The Balaban J connectivity index is 2.24. The first-order chi connectivity index (χ1) is 6.61. The van der Waals surface area contributed by atoms with Crippen LogP contribution in [0, 0.1) is 35.5 Å². The fraction of sp³-hybridized carbons (Fsp3) is 0.857. The fourth-order valence-electron chi connectivity index (χ4n) is 3.95. The van der Waals surface area contributed by atoms with E-state index in [1.807, 2.05) is 0 Å². The van der Waals surface area contributed by atoms with E-state index >= 15 is 0 Å². The highest BCUT2D eigenvalue weighted by molar-refractivity contribution is 5.10. The molecule has 3 aliphatic carbocycles. The van der Waals surface area contributed by atoms with E-state index in [1.54, 1.807) is 0 Å². The molecule has 0 radical (unpaired) electrons. The van der Waals surface area contributed by atoms with Gasteiger partial charge in [0.15, 0.2) is 0 Å². The van der Waals surface area contributed by atoms with Crippen LogP contribution >= 0.6 is 0 Å². The van der Waals surface area contributed by atoms with E-state index in [2.05, 4.69) is 39.8 Å². The maximum atomic E-state index is 2.51. The third kappa shape index (κ3) is 1.53. The van der Waals surface area contributed by atoms with E-state index in [9.17, 15) is 0 Å². The summed E-state index contributed by atoms with van der Waals surface area (Å²) in [6, 6.07) is 0. The van der Waals surface area contributed by atoms with Gasteiger partial charge in [0, 0.05) is 0 Å². The van der Waals surface area contributed by atoms with Crippen molar-refractivity contribution in [1.29, 1.82) is 0 Å². The average Bonchev–Trinajstić information content (AvgIpc) is 2.17. The normalized spacial score (nSPS) is 41.3. The molecule has 0 heterocycles. The topological polar surface area (TPSA) is 0 Å². The maximum absolute atomic E-state index is 2.51. The van der Waals surface area contributed by atoms with Crippen molar-refractivity contribution in [3.05, 3.63) is 12.2 Å². The van der Waals surface area contributed by atoms with Gasteiger partial charge >= 0.3 is 0 Å². The molecule has 0 heteroatoms. The second kappa shape index (κ2) is 3.72. The van der Waals surface area contributed by atoms with Crippen LogP contribution < -0.4 is 0 Å². The van der Waals surface area contributed by atoms with Crippen LogP contribution in [0.25, 0.3) is 0 Å². The molecule has 0 aromatic heterocycles. The third-order valence-corrected chi connectivity index (χ3v) is 4.41. The summed E-state index contributed by atoms with van der Waals surface area (Å²) >= 11 is 0. The summed E-state index contributed by atoms with van der Waals surface area (Å²) in [6.07, 6.45) is 7.93. The summed E-state index contributed by atoms with van der Waals surface area (Å²) in [4.78, 5) is 0. The molecule has 3 aliphatic rings. The number of hydrogen-bond acceptors (Lipinski definition) is 0. The van der Waals surface area contributed by atoms with E-state index in [0.717, 1.165) is 35.5 Å². The van der Waals surface area contributed by atoms with Gasteiger partial charge in [-0.15, -0.1) is 0 Å². The first-order valence-electron chi connectivity index (χ1n) is 6.29. The highest BCUT2D eigenvalue weighted by atomic mass is 14.5. The van der Waals surface area contributed by atoms with Crippen LogP contribution in [0.5, 0.6) is 0 Å². The molecule has 1 saturated carbocycles. The lowest BCUT2D eigenvalue weighted by Gasteiger charge is -2.49. The van der Waals surface area contributed by atoms with Gasteiger partial charge in [-0.05, 0) is 48.3 Å². The van der Waals surface area contributed by atoms with Gasteiger partial charge in [0.05, 0.1) is 0 Å². The summed E-state index contributed by atoms with van der Waals surface area (Å²) in [5, 5.41) is 0. The minimum Gasteiger partial charge on any atom is -0.0848 e. The minimum absolute atomic E-state index is 0.861. The number of fused-ring (bicyclic) bond motifs is 2. The van der Waals surface area contributed by atoms with Crippen molar-refractivity contribution in [2.24, 2.45) is 35.5 Å². The molecular formula is C14H24. The highest BCUT2D eigenvalue weighted by Crippen LogP contribution is 2.50. The van der Waals surface area contributed by atoms with Gasteiger partial charge in [-0.2, -0.15) is 0 Å². The monoisotopic (exact) mass is 192 g/mol. The van der Waals surface area contributed by atoms with Gasteiger partial charge in [-0.25, -0.2) is 0 Å². The van der Waals surface area contributed by atoms with Crippen molar-refractivity contribution >= 4 is 0 Å². The first-order valence-corrected chi connectivity index (χ1v) is 6.29. The molecule has 0 amide bonds. The van der Waals surface area contributed by atoms with Gasteiger partial charge in [0.2, 0.25) is 0 Å². The quantitative estimate of drug-likeness (QED) is 0.577. The Morgan fingerprint density at radius 3 is 1.36 bits per heavy atom. The molecule has 0 N–H and O–H groups in total. The van der Waals surface area contributed by atoms with Crippen LogP contribution in [0.4, 0.5) is 0 Å². The minimum atomic E-state index is 0.861. The average molecular weight is 192 g/mol. The zero-order valence-electron chi connectivity index (χ0n) is 10.0. The molecule has 0 aromatic rings. The molecule has 0 spiro atoms. The van der Waals surface area contributed by atoms with Gasteiger partial charge in [0.25, 0.3) is 0 Å². The molecule has 0 aliphatic heterocycles. The van der Waals surface area contributed by atoms with Crippen molar-refractivity contribution in [3.63, 3.8) is 0 Å². The van der Waals surface area contributed by atoms with Crippen LogP contribution in [0.15, 0.2) is 12.2 Å². The molecule has 0 aromatic carbocycles. The number of allylic oxidation sites excluding steroid dienone is 2. The lowest BCUT2D eigenvalue weighted by molar-refractivity contribution is 0.0491. The van der Waals surface area contributed by atoms with Crippen LogP contribution in [0.3, 0.4) is 0 Å². The Morgan fingerprint density at radius 2 is 1.14 bits per heavy atom. The Labute approximate surface area is 88.8 Å². The molecule has 14 heavy (non-hydrogen) atoms. The van der Waals surface area contributed by atoms with Crippen molar-refractivity contribution in [1.82, 2.24) is 0 Å². The lowest BCUT2D eigenvalue weighted by atomic mass is 9.56. The van der Waals surface area contributed by atoms with Crippen molar-refractivity contribution < 1.29 is 0 Å². The van der Waals surface area contributed by atoms with Gasteiger partial charge in [0.1, 0.15) is 0 Å². The van der Waals surface area contributed by atoms with Crippen molar-refractivity contribution in [3.8, 4) is 0 Å². The Hall–Kier alpha value is -0.260. The maximum Gasteiger partial charge on any atom is -0.0199 e. The number of hydrogen-bond donors (Lipinski definition) is 0. The highest BCUT2D eigenvalue weighted by Gasteiger charge is 2.42. The largest absolute Gasteiger partial charge is 0.0848 e. The predicted octanol–water partition coefficient (Wildman–Crippen LogP) is 4.13. The van der Waals surface area contributed by atoms with E-state index in [-0.39, 0.29) is 0 Å². The van der Waals surface area contributed by atoms with Crippen LogP contribution in [-0.2, 0) is 0 Å². The second-order valence-corrected chi connectivity index (χ2v) is 5.93. The molecule has 80 valence electrons. The standard InChI is InChI=1S/C14H24/c1-9(2)13-11-5-7-12(8-6-11)14(13)10(3)4/h5,7,9-14H,6,8H2,1-4H3. The lowest BCUT2D eigenvalue weighted by Crippen LogP contribution is -2.42. The van der Waals surface area contributed by atoms with E-state index in [0.29, 0.717) is 0 Å². The zero-order valence-corrected chi connectivity index (χ0v) is 10.0. The Bertz CT molecular complexity index is 200. The summed E-state index contributed by atoms with van der Waals surface area (Å²) in [5.41, 5.74) is 0. The molecule has 4 atom stereocenters. The third-order valence-electron chi connectivity index (χ3n) is 4.41. The smallest absolute Gasteiger partial charge is 0.0199 e. The molecule has 0 nitrogen and oxygen atoms in total. The first kappa shape index (κ1) is 10.3. The second-order valence-electron chi connectivity index (χ2n) is 5.93. The van der Waals surface area contributed by atoms with Crippen molar-refractivity contribution in [2.75, 3.05) is 0 Å². The van der Waals surface area contributed by atoms with E-state index in [4.69, 9.17) is 0 Å². The predicted molar refractivity (Wildman–Crippen MR) is 62.0 cm³/mol.